The van der Waals surface area contributed by atoms with E-state index in [1.165, 1.54) is 11.5 Å². The van der Waals surface area contributed by atoms with Crippen molar-refractivity contribution in [2.24, 2.45) is 0 Å². The van der Waals surface area contributed by atoms with Gasteiger partial charge in [-0.25, -0.2) is 15.0 Å². The third-order valence-electron chi connectivity index (χ3n) is 4.93. The standard InChI is InChI=1S/C19H27N5OS2/c1-19(2,3)15-12-27-18(22-15)14-11-24(4-7-25-14)17-10-16(20-13-21-17)23-5-8-26-9-6-23/h10,12-14H,4-9,11H2,1-3H3. The number of aromatic nitrogens is 3. The van der Waals surface area contributed by atoms with Crippen LogP contribution in [0.5, 0.6) is 0 Å². The number of morpholine rings is 1. The molecule has 0 spiro atoms. The molecule has 2 aliphatic heterocycles. The summed E-state index contributed by atoms with van der Waals surface area (Å²) in [7, 11) is 0. The number of ether oxygens (including phenoxy) is 1. The second-order valence-electron chi connectivity index (χ2n) is 7.96. The first-order valence-electron chi connectivity index (χ1n) is 9.48. The van der Waals surface area contributed by atoms with E-state index in [9.17, 15) is 0 Å². The fourth-order valence-electron chi connectivity index (χ4n) is 3.26. The summed E-state index contributed by atoms with van der Waals surface area (Å²) >= 11 is 3.71. The van der Waals surface area contributed by atoms with Crippen molar-refractivity contribution in [1.82, 2.24) is 15.0 Å². The van der Waals surface area contributed by atoms with Crippen LogP contribution in [-0.2, 0) is 10.2 Å². The van der Waals surface area contributed by atoms with Gasteiger partial charge in [-0.1, -0.05) is 20.8 Å². The molecule has 1 atom stereocenters. The lowest BCUT2D eigenvalue weighted by molar-refractivity contribution is 0.0392. The Balaban J connectivity index is 1.49. The van der Waals surface area contributed by atoms with Gasteiger partial charge in [-0.15, -0.1) is 11.3 Å². The predicted molar refractivity (Wildman–Crippen MR) is 113 cm³/mol. The van der Waals surface area contributed by atoms with Crippen LogP contribution >= 0.6 is 23.1 Å². The molecule has 2 fully saturated rings. The van der Waals surface area contributed by atoms with Gasteiger partial charge in [0.2, 0.25) is 0 Å². The molecule has 0 aliphatic carbocycles. The highest BCUT2D eigenvalue weighted by molar-refractivity contribution is 7.99. The van der Waals surface area contributed by atoms with Gasteiger partial charge in [-0.2, -0.15) is 11.8 Å². The molecule has 4 rings (SSSR count). The molecular weight excluding hydrogens is 378 g/mol. The number of nitrogens with zero attached hydrogens (tertiary/aromatic N) is 5. The molecule has 0 bridgehead atoms. The molecule has 0 N–H and O–H groups in total. The smallest absolute Gasteiger partial charge is 0.134 e. The first kappa shape index (κ1) is 19.0. The molecule has 0 radical (unpaired) electrons. The Labute approximate surface area is 169 Å². The molecule has 0 aromatic carbocycles. The van der Waals surface area contributed by atoms with Crippen LogP contribution < -0.4 is 9.80 Å². The Morgan fingerprint density at radius 3 is 2.52 bits per heavy atom. The summed E-state index contributed by atoms with van der Waals surface area (Å²) in [5.41, 5.74) is 1.20. The van der Waals surface area contributed by atoms with Crippen LogP contribution in [0.2, 0.25) is 0 Å². The van der Waals surface area contributed by atoms with E-state index >= 15 is 0 Å². The lowest BCUT2D eigenvalue weighted by atomic mass is 9.93. The monoisotopic (exact) mass is 405 g/mol. The van der Waals surface area contributed by atoms with Crippen LogP contribution in [0.4, 0.5) is 11.6 Å². The van der Waals surface area contributed by atoms with Crippen molar-refractivity contribution in [1.29, 1.82) is 0 Å². The first-order valence-corrected chi connectivity index (χ1v) is 11.5. The van der Waals surface area contributed by atoms with Gasteiger partial charge in [0.1, 0.15) is 29.1 Å². The topological polar surface area (TPSA) is 54.4 Å². The van der Waals surface area contributed by atoms with E-state index in [4.69, 9.17) is 9.72 Å². The molecule has 1 unspecified atom stereocenters. The molecule has 8 heteroatoms. The van der Waals surface area contributed by atoms with E-state index in [1.807, 2.05) is 11.8 Å². The van der Waals surface area contributed by atoms with Gasteiger partial charge in [-0.05, 0) is 0 Å². The zero-order valence-electron chi connectivity index (χ0n) is 16.2. The van der Waals surface area contributed by atoms with Gasteiger partial charge in [0.05, 0.1) is 18.8 Å². The normalized spacial score (nSPS) is 21.5. The Hall–Kier alpha value is -1.38. The SMILES string of the molecule is CC(C)(C)c1csc(C2CN(c3cc(N4CCSCC4)ncn3)CCO2)n1. The molecule has 0 saturated carbocycles. The molecule has 2 aromatic heterocycles. The summed E-state index contributed by atoms with van der Waals surface area (Å²) in [5, 5.41) is 3.22. The maximum absolute atomic E-state index is 6.04. The average molecular weight is 406 g/mol. The molecular formula is C19H27N5OS2. The highest BCUT2D eigenvalue weighted by Gasteiger charge is 2.27. The number of thioether (sulfide) groups is 1. The number of anilines is 2. The number of rotatable bonds is 3. The highest BCUT2D eigenvalue weighted by Crippen LogP contribution is 2.31. The van der Waals surface area contributed by atoms with Gasteiger partial charge >= 0.3 is 0 Å². The molecule has 6 nitrogen and oxygen atoms in total. The fourth-order valence-corrected chi connectivity index (χ4v) is 5.25. The Bertz CT molecular complexity index is 769. The summed E-state index contributed by atoms with van der Waals surface area (Å²) in [5.74, 6) is 4.35. The maximum atomic E-state index is 6.04. The summed E-state index contributed by atoms with van der Waals surface area (Å²) in [6.45, 7) is 11.0. The quantitative estimate of drug-likeness (QED) is 0.776. The second-order valence-corrected chi connectivity index (χ2v) is 10.1. The van der Waals surface area contributed by atoms with Crippen LogP contribution in [0.15, 0.2) is 17.8 Å². The lowest BCUT2D eigenvalue weighted by Crippen LogP contribution is -2.39. The van der Waals surface area contributed by atoms with Crippen molar-refractivity contribution < 1.29 is 4.74 Å². The van der Waals surface area contributed by atoms with Gasteiger partial charge in [0, 0.05) is 48.0 Å². The Morgan fingerprint density at radius 2 is 1.81 bits per heavy atom. The van der Waals surface area contributed by atoms with Crippen LogP contribution in [0.25, 0.3) is 0 Å². The van der Waals surface area contributed by atoms with Crippen molar-refractivity contribution in [2.45, 2.75) is 32.3 Å². The van der Waals surface area contributed by atoms with Gasteiger partial charge in [-0.3, -0.25) is 0 Å². The second kappa shape index (κ2) is 7.93. The van der Waals surface area contributed by atoms with Crippen molar-refractivity contribution in [3.8, 4) is 0 Å². The van der Waals surface area contributed by atoms with Crippen molar-refractivity contribution in [2.75, 3.05) is 54.1 Å². The Morgan fingerprint density at radius 1 is 1.07 bits per heavy atom. The van der Waals surface area contributed by atoms with Crippen LogP contribution in [0.3, 0.4) is 0 Å². The minimum atomic E-state index is 0.00431. The molecule has 0 amide bonds. The molecule has 27 heavy (non-hydrogen) atoms. The van der Waals surface area contributed by atoms with E-state index in [1.54, 1.807) is 17.7 Å². The third kappa shape index (κ3) is 4.38. The summed E-state index contributed by atoms with van der Waals surface area (Å²) in [6.07, 6.45) is 1.70. The molecule has 2 aliphatic rings. The molecule has 4 heterocycles. The van der Waals surface area contributed by atoms with Crippen LogP contribution in [0, 0.1) is 0 Å². The van der Waals surface area contributed by atoms with Crippen LogP contribution in [-0.4, -0.2) is 59.2 Å². The zero-order valence-corrected chi connectivity index (χ0v) is 17.9. The van der Waals surface area contributed by atoms with Gasteiger partial charge in [0.25, 0.3) is 0 Å². The van der Waals surface area contributed by atoms with E-state index in [0.717, 1.165) is 48.5 Å². The highest BCUT2D eigenvalue weighted by atomic mass is 32.2. The number of hydrogen-bond acceptors (Lipinski definition) is 8. The lowest BCUT2D eigenvalue weighted by Gasteiger charge is -2.33. The largest absolute Gasteiger partial charge is 0.367 e. The van der Waals surface area contributed by atoms with E-state index < -0.39 is 0 Å². The summed E-state index contributed by atoms with van der Waals surface area (Å²) in [6, 6.07) is 2.13. The number of hydrogen-bond donors (Lipinski definition) is 0. The summed E-state index contributed by atoms with van der Waals surface area (Å²) in [4.78, 5) is 18.6. The summed E-state index contributed by atoms with van der Waals surface area (Å²) < 4.78 is 6.04. The zero-order chi connectivity index (χ0) is 18.9. The molecule has 2 aromatic rings. The maximum Gasteiger partial charge on any atom is 0.134 e. The van der Waals surface area contributed by atoms with E-state index in [2.05, 4.69) is 52.0 Å². The van der Waals surface area contributed by atoms with Gasteiger partial charge < -0.3 is 14.5 Å². The first-order chi connectivity index (χ1) is 13.0. The van der Waals surface area contributed by atoms with Gasteiger partial charge in [0.15, 0.2) is 0 Å². The Kier molecular flexibility index (Phi) is 5.57. The third-order valence-corrected chi connectivity index (χ3v) is 6.81. The minimum absolute atomic E-state index is 0.00431. The fraction of sp³-hybridized carbons (Fsp3) is 0.632. The minimum Gasteiger partial charge on any atom is -0.367 e. The van der Waals surface area contributed by atoms with E-state index in [0.29, 0.717) is 6.61 Å². The number of thiazole rings is 1. The molecule has 146 valence electrons. The predicted octanol–water partition coefficient (Wildman–Crippen LogP) is 3.36. The van der Waals surface area contributed by atoms with Crippen LogP contribution in [0.1, 0.15) is 37.6 Å². The van der Waals surface area contributed by atoms with Crippen molar-refractivity contribution >= 4 is 34.7 Å². The average Bonchev–Trinajstić information content (AvgIpc) is 3.20. The van der Waals surface area contributed by atoms with Crippen molar-refractivity contribution in [3.63, 3.8) is 0 Å². The molecule has 2 saturated heterocycles. The van der Waals surface area contributed by atoms with Crippen molar-refractivity contribution in [3.05, 3.63) is 28.5 Å². The van der Waals surface area contributed by atoms with E-state index in [-0.39, 0.29) is 11.5 Å².